The predicted octanol–water partition coefficient (Wildman–Crippen LogP) is 3.63. The molecule has 0 saturated carbocycles. The van der Waals surface area contributed by atoms with Crippen molar-refractivity contribution in [3.8, 4) is 0 Å². The number of nitrogens with zero attached hydrogens (tertiary/aromatic N) is 1. The fraction of sp³-hybridized carbons (Fsp3) is 0.462. The van der Waals surface area contributed by atoms with Crippen LogP contribution in [0.4, 0.5) is 5.69 Å². The number of hydrogen-bond acceptors (Lipinski definition) is 2. The second-order valence-electron chi connectivity index (χ2n) is 4.18. The molecule has 0 bridgehead atoms. The predicted molar refractivity (Wildman–Crippen MR) is 69.6 cm³/mol. The zero-order valence-electron chi connectivity index (χ0n) is 10.0. The van der Waals surface area contributed by atoms with E-state index in [0.717, 1.165) is 24.9 Å². The summed E-state index contributed by atoms with van der Waals surface area (Å²) in [6.45, 7) is 5.29. The highest BCUT2D eigenvalue weighted by atomic mass is 35.5. The Bertz CT molecular complexity index is 365. The Kier molecular flexibility index (Phi) is 4.81. The summed E-state index contributed by atoms with van der Waals surface area (Å²) in [7, 11) is 1.99. The van der Waals surface area contributed by atoms with Crippen LogP contribution in [0.25, 0.3) is 0 Å². The lowest BCUT2D eigenvalue weighted by Gasteiger charge is -2.24. The van der Waals surface area contributed by atoms with Crippen molar-refractivity contribution >= 4 is 23.6 Å². The molecule has 0 fully saturated rings. The first-order valence-corrected chi connectivity index (χ1v) is 5.92. The van der Waals surface area contributed by atoms with Crippen LogP contribution in [0.15, 0.2) is 18.2 Å². The molecule has 0 aliphatic carbocycles. The van der Waals surface area contributed by atoms with Crippen molar-refractivity contribution in [3.05, 3.63) is 28.8 Å². The Balaban J connectivity index is 2.94. The Morgan fingerprint density at radius 3 is 2.75 bits per heavy atom. The number of halogens is 1. The summed E-state index contributed by atoms with van der Waals surface area (Å²) in [4.78, 5) is 13.1. The second-order valence-corrected chi connectivity index (χ2v) is 4.59. The molecule has 1 atom stereocenters. The molecule has 16 heavy (non-hydrogen) atoms. The summed E-state index contributed by atoms with van der Waals surface area (Å²) in [5, 5.41) is 0.517. The number of carbonyl (C=O) groups excluding carboxylic acids is 1. The van der Waals surface area contributed by atoms with Crippen molar-refractivity contribution < 1.29 is 4.79 Å². The highest BCUT2D eigenvalue weighted by Gasteiger charge is 2.11. The van der Waals surface area contributed by atoms with Gasteiger partial charge in [-0.15, -0.1) is 0 Å². The van der Waals surface area contributed by atoms with Crippen LogP contribution >= 0.6 is 11.6 Å². The van der Waals surface area contributed by atoms with Crippen LogP contribution < -0.4 is 4.90 Å². The second kappa shape index (κ2) is 5.90. The fourth-order valence-corrected chi connectivity index (χ4v) is 1.88. The lowest BCUT2D eigenvalue weighted by molar-refractivity contribution is 0.112. The molecular weight excluding hydrogens is 222 g/mol. The fourth-order valence-electron chi connectivity index (χ4n) is 1.67. The van der Waals surface area contributed by atoms with Gasteiger partial charge in [0.15, 0.2) is 6.29 Å². The van der Waals surface area contributed by atoms with E-state index in [2.05, 4.69) is 18.7 Å². The van der Waals surface area contributed by atoms with Crippen LogP contribution in [0, 0.1) is 5.92 Å². The van der Waals surface area contributed by atoms with Crippen LogP contribution in [-0.4, -0.2) is 19.9 Å². The Morgan fingerprint density at radius 1 is 1.50 bits per heavy atom. The molecule has 0 aliphatic rings. The third-order valence-electron chi connectivity index (χ3n) is 2.84. The summed E-state index contributed by atoms with van der Waals surface area (Å²) in [6.07, 6.45) is 1.95. The van der Waals surface area contributed by atoms with Crippen LogP contribution in [0.5, 0.6) is 0 Å². The minimum absolute atomic E-state index is 0.517. The lowest BCUT2D eigenvalue weighted by Crippen LogP contribution is -2.24. The molecule has 0 heterocycles. The first-order chi connectivity index (χ1) is 7.60. The maximum Gasteiger partial charge on any atom is 0.153 e. The topological polar surface area (TPSA) is 20.3 Å². The van der Waals surface area contributed by atoms with Crippen molar-refractivity contribution in [2.45, 2.75) is 20.3 Å². The SMILES string of the molecule is CCC(C)CN(C)c1cccc(Cl)c1C=O. The molecule has 0 radical (unpaired) electrons. The van der Waals surface area contributed by atoms with Gasteiger partial charge in [0.25, 0.3) is 0 Å². The summed E-state index contributed by atoms with van der Waals surface area (Å²) >= 11 is 5.99. The largest absolute Gasteiger partial charge is 0.374 e. The van der Waals surface area contributed by atoms with E-state index in [1.165, 1.54) is 0 Å². The summed E-state index contributed by atoms with van der Waals surface area (Å²) < 4.78 is 0. The summed E-state index contributed by atoms with van der Waals surface area (Å²) in [6, 6.07) is 5.54. The van der Waals surface area contributed by atoms with Gasteiger partial charge in [0.2, 0.25) is 0 Å². The monoisotopic (exact) mass is 239 g/mol. The molecule has 0 saturated heterocycles. The maximum atomic E-state index is 11.0. The molecule has 0 aromatic heterocycles. The van der Waals surface area contributed by atoms with Gasteiger partial charge in [-0.05, 0) is 18.1 Å². The minimum atomic E-state index is 0.517. The first kappa shape index (κ1) is 13.0. The molecule has 0 aliphatic heterocycles. The van der Waals surface area contributed by atoms with Gasteiger partial charge in [0.1, 0.15) is 0 Å². The van der Waals surface area contributed by atoms with Gasteiger partial charge in [0, 0.05) is 19.3 Å². The van der Waals surface area contributed by atoms with E-state index in [1.54, 1.807) is 6.07 Å². The van der Waals surface area contributed by atoms with Crippen molar-refractivity contribution in [2.24, 2.45) is 5.92 Å². The molecule has 3 heteroatoms. The minimum Gasteiger partial charge on any atom is -0.374 e. The van der Waals surface area contributed by atoms with Crippen LogP contribution in [0.2, 0.25) is 5.02 Å². The number of benzene rings is 1. The van der Waals surface area contributed by atoms with Crippen molar-refractivity contribution in [1.82, 2.24) is 0 Å². The molecule has 1 aromatic rings. The van der Waals surface area contributed by atoms with Gasteiger partial charge in [-0.1, -0.05) is 37.9 Å². The number of rotatable bonds is 5. The van der Waals surface area contributed by atoms with Gasteiger partial charge >= 0.3 is 0 Å². The van der Waals surface area contributed by atoms with E-state index in [9.17, 15) is 4.79 Å². The number of hydrogen-bond donors (Lipinski definition) is 0. The van der Waals surface area contributed by atoms with E-state index < -0.39 is 0 Å². The molecule has 2 nitrogen and oxygen atoms in total. The molecule has 0 spiro atoms. The Hall–Kier alpha value is -1.02. The van der Waals surface area contributed by atoms with E-state index in [4.69, 9.17) is 11.6 Å². The van der Waals surface area contributed by atoms with Crippen LogP contribution in [0.3, 0.4) is 0 Å². The van der Waals surface area contributed by atoms with E-state index in [1.807, 2.05) is 19.2 Å². The van der Waals surface area contributed by atoms with Gasteiger partial charge < -0.3 is 4.90 Å². The van der Waals surface area contributed by atoms with Crippen LogP contribution in [-0.2, 0) is 0 Å². The molecule has 88 valence electrons. The third-order valence-corrected chi connectivity index (χ3v) is 3.17. The molecule has 1 aromatic carbocycles. The van der Waals surface area contributed by atoms with Crippen molar-refractivity contribution in [3.63, 3.8) is 0 Å². The molecule has 0 amide bonds. The van der Waals surface area contributed by atoms with E-state index in [0.29, 0.717) is 16.5 Å². The van der Waals surface area contributed by atoms with Crippen molar-refractivity contribution in [1.29, 1.82) is 0 Å². The maximum absolute atomic E-state index is 11.0. The van der Waals surface area contributed by atoms with Gasteiger partial charge in [-0.2, -0.15) is 0 Å². The Morgan fingerprint density at radius 2 is 2.19 bits per heavy atom. The summed E-state index contributed by atoms with van der Waals surface area (Å²) in [5.74, 6) is 0.600. The standard InChI is InChI=1S/C13H18ClNO/c1-4-10(2)8-15(3)13-7-5-6-12(14)11(13)9-16/h5-7,9-10H,4,8H2,1-3H3. The Labute approximate surface area is 102 Å². The lowest BCUT2D eigenvalue weighted by atomic mass is 10.1. The molecular formula is C13H18ClNO. The molecule has 0 N–H and O–H groups in total. The average Bonchev–Trinajstić information content (AvgIpc) is 2.28. The first-order valence-electron chi connectivity index (χ1n) is 5.55. The smallest absolute Gasteiger partial charge is 0.153 e. The van der Waals surface area contributed by atoms with Crippen LogP contribution in [0.1, 0.15) is 30.6 Å². The van der Waals surface area contributed by atoms with Crippen molar-refractivity contribution in [2.75, 3.05) is 18.5 Å². The molecule has 1 rings (SSSR count). The van der Waals surface area contributed by atoms with E-state index >= 15 is 0 Å². The number of carbonyl (C=O) groups is 1. The highest BCUT2D eigenvalue weighted by molar-refractivity contribution is 6.33. The highest BCUT2D eigenvalue weighted by Crippen LogP contribution is 2.25. The number of anilines is 1. The average molecular weight is 240 g/mol. The normalized spacial score (nSPS) is 12.2. The zero-order chi connectivity index (χ0) is 12.1. The number of aldehydes is 1. The zero-order valence-corrected chi connectivity index (χ0v) is 10.8. The van der Waals surface area contributed by atoms with Gasteiger partial charge in [0.05, 0.1) is 10.6 Å². The third kappa shape index (κ3) is 2.99. The van der Waals surface area contributed by atoms with E-state index in [-0.39, 0.29) is 0 Å². The molecule has 1 unspecified atom stereocenters. The summed E-state index contributed by atoms with van der Waals surface area (Å²) in [5.41, 5.74) is 1.48. The van der Waals surface area contributed by atoms with Gasteiger partial charge in [-0.3, -0.25) is 4.79 Å². The quantitative estimate of drug-likeness (QED) is 0.732. The van der Waals surface area contributed by atoms with Gasteiger partial charge in [-0.25, -0.2) is 0 Å².